The van der Waals surface area contributed by atoms with Crippen molar-refractivity contribution < 1.29 is 0 Å². The summed E-state index contributed by atoms with van der Waals surface area (Å²) >= 11 is 10.1. The van der Waals surface area contributed by atoms with Crippen LogP contribution in [0.3, 0.4) is 0 Å². The zero-order valence-electron chi connectivity index (χ0n) is 9.02. The van der Waals surface area contributed by atoms with E-state index >= 15 is 0 Å². The molecule has 0 atom stereocenters. The molecule has 0 aromatic heterocycles. The zero-order valence-corrected chi connectivity index (χ0v) is 10.7. The van der Waals surface area contributed by atoms with Gasteiger partial charge in [-0.25, -0.2) is 0 Å². The van der Waals surface area contributed by atoms with E-state index in [9.17, 15) is 0 Å². The Morgan fingerprint density at radius 3 is 1.61 bits per heavy atom. The molecule has 6 heteroatoms. The number of nitriles is 2. The molecule has 0 aliphatic heterocycles. The SMILES string of the molecule is N#Cc1c([S-])c(C#N)c2c(N)cc([S-])cc(N)c1-2. The highest BCUT2D eigenvalue weighted by molar-refractivity contribution is 7.59. The number of nitrogens with zero attached hydrogens (tertiary/aromatic N) is 2. The van der Waals surface area contributed by atoms with Gasteiger partial charge in [0.2, 0.25) is 0 Å². The van der Waals surface area contributed by atoms with Gasteiger partial charge in [-0.2, -0.15) is 15.4 Å². The largest absolute Gasteiger partial charge is 0.780 e. The highest BCUT2D eigenvalue weighted by Gasteiger charge is 2.21. The molecule has 0 saturated carbocycles. The fraction of sp³-hybridized carbons (Fsp3) is 0. The van der Waals surface area contributed by atoms with Crippen molar-refractivity contribution in [3.8, 4) is 23.3 Å². The molecule has 4 nitrogen and oxygen atoms in total. The molecule has 4 N–H and O–H groups in total. The molecule has 0 bridgehead atoms. The Hall–Kier alpha value is -2.28. The standard InChI is InChI=1S/C12H8N4S2/c13-3-6-10-8(15)1-5(17)2-9(16)11(10)7(4-14)12(6)18/h1-2,17-18H,15-16H2/p-2. The molecule has 0 fully saturated rings. The highest BCUT2D eigenvalue weighted by Crippen LogP contribution is 2.43. The number of nitrogen functional groups attached to an aromatic ring is 2. The summed E-state index contributed by atoms with van der Waals surface area (Å²) in [5.41, 5.74) is 13.6. The molecule has 0 heterocycles. The van der Waals surface area contributed by atoms with Crippen LogP contribution in [-0.4, -0.2) is 0 Å². The fourth-order valence-electron chi connectivity index (χ4n) is 1.89. The van der Waals surface area contributed by atoms with E-state index in [0.29, 0.717) is 27.4 Å². The minimum Gasteiger partial charge on any atom is -0.780 e. The normalized spacial score (nSPS) is 9.89. The van der Waals surface area contributed by atoms with E-state index in [2.05, 4.69) is 0 Å². The third-order valence-corrected chi connectivity index (χ3v) is 3.24. The summed E-state index contributed by atoms with van der Waals surface area (Å²) < 4.78 is 0. The smallest absolute Gasteiger partial charge is 0.0983 e. The van der Waals surface area contributed by atoms with E-state index in [1.165, 1.54) is 12.1 Å². The van der Waals surface area contributed by atoms with Crippen molar-refractivity contribution >= 4 is 36.6 Å². The lowest BCUT2D eigenvalue weighted by Gasteiger charge is -2.03. The average molecular weight is 270 g/mol. The minimum atomic E-state index is 0.186. The molecule has 0 amide bonds. The van der Waals surface area contributed by atoms with Crippen LogP contribution in [0.25, 0.3) is 11.1 Å². The number of anilines is 2. The summed E-state index contributed by atoms with van der Waals surface area (Å²) in [4.78, 5) is 0.630. The fourth-order valence-corrected chi connectivity index (χ4v) is 2.43. The maximum Gasteiger partial charge on any atom is 0.0983 e. The number of nitrogens with two attached hydrogens (primary N) is 2. The molecule has 0 spiro atoms. The second-order valence-corrected chi connectivity index (χ2v) is 4.53. The monoisotopic (exact) mass is 270 g/mol. The topological polar surface area (TPSA) is 99.6 Å². The summed E-state index contributed by atoms with van der Waals surface area (Å²) in [5.74, 6) is 0. The summed E-state index contributed by atoms with van der Waals surface area (Å²) in [6, 6.07) is 7.00. The first-order valence-electron chi connectivity index (χ1n) is 4.84. The van der Waals surface area contributed by atoms with Gasteiger partial charge in [0.25, 0.3) is 0 Å². The quantitative estimate of drug-likeness (QED) is 0.704. The van der Waals surface area contributed by atoms with Crippen LogP contribution in [0.4, 0.5) is 11.4 Å². The van der Waals surface area contributed by atoms with Crippen molar-refractivity contribution in [3.63, 3.8) is 0 Å². The van der Waals surface area contributed by atoms with Gasteiger partial charge < -0.3 is 36.7 Å². The van der Waals surface area contributed by atoms with E-state index < -0.39 is 0 Å². The van der Waals surface area contributed by atoms with Crippen LogP contribution in [0.1, 0.15) is 11.1 Å². The Balaban J connectivity index is 3.10. The molecule has 0 aromatic carbocycles. The van der Waals surface area contributed by atoms with Crippen LogP contribution in [0, 0.1) is 22.7 Å². The molecule has 0 unspecified atom stereocenters. The van der Waals surface area contributed by atoms with E-state index in [-0.39, 0.29) is 16.0 Å². The van der Waals surface area contributed by atoms with E-state index in [1.54, 1.807) is 0 Å². The highest BCUT2D eigenvalue weighted by atomic mass is 32.1. The predicted octanol–water partition coefficient (Wildman–Crippen LogP) is 1.51. The van der Waals surface area contributed by atoms with E-state index in [1.807, 2.05) is 12.1 Å². The average Bonchev–Trinajstić information content (AvgIpc) is 2.54. The third-order valence-electron chi connectivity index (χ3n) is 2.60. The zero-order chi connectivity index (χ0) is 13.4. The van der Waals surface area contributed by atoms with Crippen LogP contribution in [0.15, 0.2) is 21.9 Å². The van der Waals surface area contributed by atoms with Gasteiger partial charge in [-0.05, 0) is 0 Å². The van der Waals surface area contributed by atoms with Crippen LogP contribution < -0.4 is 11.5 Å². The molecule has 18 heavy (non-hydrogen) atoms. The second-order valence-electron chi connectivity index (χ2n) is 3.65. The van der Waals surface area contributed by atoms with Gasteiger partial charge in [0.05, 0.1) is 12.1 Å². The second kappa shape index (κ2) is 4.19. The summed E-state index contributed by atoms with van der Waals surface area (Å²) in [5, 5.41) is 18.3. The molecule has 88 valence electrons. The molecule has 0 radical (unpaired) electrons. The molecular weight excluding hydrogens is 264 g/mol. The van der Waals surface area contributed by atoms with Gasteiger partial charge in [-0.15, -0.1) is 4.90 Å². The number of rotatable bonds is 0. The Morgan fingerprint density at radius 1 is 0.889 bits per heavy atom. The Labute approximate surface area is 115 Å². The molecule has 2 rings (SSSR count). The van der Waals surface area contributed by atoms with Crippen LogP contribution in [0.5, 0.6) is 0 Å². The first-order valence-corrected chi connectivity index (χ1v) is 5.65. The van der Waals surface area contributed by atoms with Crippen molar-refractivity contribution in [1.82, 2.24) is 0 Å². The lowest BCUT2D eigenvalue weighted by Crippen LogP contribution is -1.91. The Morgan fingerprint density at radius 2 is 1.28 bits per heavy atom. The maximum absolute atomic E-state index is 9.14. The van der Waals surface area contributed by atoms with Crippen molar-refractivity contribution in [1.29, 1.82) is 10.5 Å². The van der Waals surface area contributed by atoms with Crippen molar-refractivity contribution in [2.75, 3.05) is 11.5 Å². The summed E-state index contributed by atoms with van der Waals surface area (Å²) in [7, 11) is 0. The van der Waals surface area contributed by atoms with Gasteiger partial charge in [0.1, 0.15) is 0 Å². The first-order chi connectivity index (χ1) is 8.51. The third kappa shape index (κ3) is 1.56. The van der Waals surface area contributed by atoms with Crippen molar-refractivity contribution in [2.45, 2.75) is 9.79 Å². The van der Waals surface area contributed by atoms with Gasteiger partial charge in [-0.3, -0.25) is 0 Å². The van der Waals surface area contributed by atoms with Crippen LogP contribution in [0.2, 0.25) is 0 Å². The molecule has 0 saturated heterocycles. The van der Waals surface area contributed by atoms with Gasteiger partial charge >= 0.3 is 0 Å². The summed E-state index contributed by atoms with van der Waals surface area (Å²) in [6.45, 7) is 0. The lowest BCUT2D eigenvalue weighted by atomic mass is 10.1. The number of hydrogen-bond donors (Lipinski definition) is 2. The van der Waals surface area contributed by atoms with E-state index in [4.69, 9.17) is 47.2 Å². The summed E-state index contributed by atoms with van der Waals surface area (Å²) in [6.07, 6.45) is 0. The lowest BCUT2D eigenvalue weighted by molar-refractivity contribution is 1.40. The molecule has 2 aliphatic rings. The van der Waals surface area contributed by atoms with E-state index in [0.717, 1.165) is 0 Å². The predicted molar refractivity (Wildman–Crippen MR) is 72.6 cm³/mol. The van der Waals surface area contributed by atoms with Crippen LogP contribution in [-0.2, 0) is 25.3 Å². The first kappa shape index (κ1) is 12.2. The maximum atomic E-state index is 9.14. The van der Waals surface area contributed by atoms with Gasteiger partial charge in [0, 0.05) is 33.6 Å². The molecular formula is C12H6N4S2-2. The minimum absolute atomic E-state index is 0.186. The van der Waals surface area contributed by atoms with Crippen molar-refractivity contribution in [2.24, 2.45) is 0 Å². The number of hydrogen-bond acceptors (Lipinski definition) is 6. The Bertz CT molecular complexity index is 652. The molecule has 0 aromatic rings. The number of fused-ring (bicyclic) bond motifs is 1. The van der Waals surface area contributed by atoms with Crippen LogP contribution >= 0.6 is 0 Å². The van der Waals surface area contributed by atoms with Gasteiger partial charge in [-0.1, -0.05) is 12.1 Å². The molecule has 2 aliphatic carbocycles. The van der Waals surface area contributed by atoms with Crippen molar-refractivity contribution in [3.05, 3.63) is 23.3 Å². The Kier molecular flexibility index (Phi) is 2.84. The van der Waals surface area contributed by atoms with Gasteiger partial charge in [0.15, 0.2) is 0 Å².